The van der Waals surface area contributed by atoms with Crippen LogP contribution in [-0.2, 0) is 4.79 Å². The maximum absolute atomic E-state index is 12.9. The number of ketones is 1. The number of allylic oxidation sites excluding steroid dienone is 1. The molecule has 3 aromatic rings. The molecule has 0 unspecified atom stereocenters. The lowest BCUT2D eigenvalue weighted by atomic mass is 10.1. The predicted molar refractivity (Wildman–Crippen MR) is 118 cm³/mol. The largest absolute Gasteiger partial charge is 0.328 e. The number of aromatic nitrogens is 1. The molecule has 144 valence electrons. The molecule has 2 heterocycles. The molecule has 0 spiro atoms. The van der Waals surface area contributed by atoms with Gasteiger partial charge in [0.25, 0.3) is 0 Å². The number of anilines is 2. The van der Waals surface area contributed by atoms with Crippen molar-refractivity contribution in [2.45, 2.75) is 11.9 Å². The zero-order chi connectivity index (χ0) is 20.5. The van der Waals surface area contributed by atoms with E-state index in [0.717, 1.165) is 32.9 Å². The highest BCUT2D eigenvalue weighted by Gasteiger charge is 2.31. The number of carbonyl (C=O) groups excluding carboxylic acids is 1. The Bertz CT molecular complexity index is 1160. The first-order valence-corrected chi connectivity index (χ1v) is 10.2. The number of thioether (sulfide) groups is 1. The molecule has 0 atom stereocenters. The lowest BCUT2D eigenvalue weighted by molar-refractivity contribution is -0.112. The number of aryl methyl sites for hydroxylation is 1. The summed E-state index contributed by atoms with van der Waals surface area (Å²) in [4.78, 5) is 21.4. The van der Waals surface area contributed by atoms with Crippen LogP contribution in [0.1, 0.15) is 5.56 Å². The van der Waals surface area contributed by atoms with Gasteiger partial charge in [-0.3, -0.25) is 4.79 Å². The second-order valence-electron chi connectivity index (χ2n) is 6.92. The zero-order valence-corrected chi connectivity index (χ0v) is 17.3. The number of carbonyl (C=O) groups is 1. The van der Waals surface area contributed by atoms with Crippen LogP contribution in [0.15, 0.2) is 71.0 Å². The Morgan fingerprint density at radius 2 is 1.69 bits per heavy atom. The summed E-state index contributed by atoms with van der Waals surface area (Å²) in [7, 11) is 3.76. The van der Waals surface area contributed by atoms with Gasteiger partial charge in [-0.15, -0.1) is 0 Å². The molecule has 1 aromatic heterocycles. The summed E-state index contributed by atoms with van der Waals surface area (Å²) in [5, 5.41) is 11.6. The van der Waals surface area contributed by atoms with Gasteiger partial charge >= 0.3 is 0 Å². The minimum absolute atomic E-state index is 0.162. The van der Waals surface area contributed by atoms with Crippen LogP contribution < -0.4 is 9.80 Å². The van der Waals surface area contributed by atoms with Crippen LogP contribution in [0, 0.1) is 18.3 Å². The van der Waals surface area contributed by atoms with E-state index in [-0.39, 0.29) is 17.1 Å². The Balaban J connectivity index is 1.60. The van der Waals surface area contributed by atoms with Crippen LogP contribution >= 0.6 is 11.8 Å². The van der Waals surface area contributed by atoms with Crippen LogP contribution in [0.2, 0.25) is 0 Å². The highest BCUT2D eigenvalue weighted by atomic mass is 32.2. The van der Waals surface area contributed by atoms with Gasteiger partial charge in [-0.1, -0.05) is 42.1 Å². The van der Waals surface area contributed by atoms with Gasteiger partial charge in [0.15, 0.2) is 5.78 Å². The second-order valence-corrected chi connectivity index (χ2v) is 7.92. The molecule has 5 nitrogen and oxygen atoms in total. The first kappa shape index (κ1) is 19.0. The molecule has 29 heavy (non-hydrogen) atoms. The maximum Gasteiger partial charge on any atom is 0.187 e. The molecule has 0 fully saturated rings. The second kappa shape index (κ2) is 7.61. The van der Waals surface area contributed by atoms with Crippen LogP contribution in [0.3, 0.4) is 0 Å². The third-order valence-corrected chi connectivity index (χ3v) is 6.02. The highest BCUT2D eigenvalue weighted by Crippen LogP contribution is 2.40. The summed E-state index contributed by atoms with van der Waals surface area (Å²) in [6, 6.07) is 19.9. The van der Waals surface area contributed by atoms with E-state index >= 15 is 0 Å². The smallest absolute Gasteiger partial charge is 0.187 e. The van der Waals surface area contributed by atoms with E-state index in [1.54, 1.807) is 0 Å². The maximum atomic E-state index is 12.9. The van der Waals surface area contributed by atoms with Crippen molar-refractivity contribution in [1.82, 2.24) is 4.98 Å². The predicted octanol–water partition coefficient (Wildman–Crippen LogP) is 4.53. The van der Waals surface area contributed by atoms with Gasteiger partial charge in [0, 0.05) is 19.5 Å². The number of nitriles is 1. The average Bonchev–Trinajstić information content (AvgIpc) is 2.98. The lowest BCUT2D eigenvalue weighted by Gasteiger charge is -2.19. The summed E-state index contributed by atoms with van der Waals surface area (Å²) in [5.74, 6) is 0.573. The van der Waals surface area contributed by atoms with Gasteiger partial charge in [0.05, 0.1) is 27.7 Å². The van der Waals surface area contributed by atoms with Crippen LogP contribution in [0.4, 0.5) is 11.4 Å². The number of nitrogens with zero attached hydrogens (tertiary/aromatic N) is 4. The SMILES string of the molecule is Cc1cc(SCC(=O)C(C#N)=C2N(C)c3ccccc3N2C)nc2ccccc12. The van der Waals surface area contributed by atoms with Gasteiger partial charge in [0.1, 0.15) is 17.5 Å². The van der Waals surface area contributed by atoms with Gasteiger partial charge < -0.3 is 9.80 Å². The van der Waals surface area contributed by atoms with Crippen molar-refractivity contribution in [3.8, 4) is 6.07 Å². The molecule has 0 saturated heterocycles. The first-order chi connectivity index (χ1) is 14.0. The molecule has 4 rings (SSSR count). The number of rotatable bonds is 4. The fraction of sp³-hybridized carbons (Fsp3) is 0.174. The van der Waals surface area contributed by atoms with Gasteiger partial charge in [-0.2, -0.15) is 5.26 Å². The Hall–Kier alpha value is -3.30. The topological polar surface area (TPSA) is 60.2 Å². The summed E-state index contributed by atoms with van der Waals surface area (Å²) < 4.78 is 0. The number of para-hydroxylation sites is 3. The number of fused-ring (bicyclic) bond motifs is 2. The van der Waals surface area contributed by atoms with E-state index in [1.165, 1.54) is 11.8 Å². The number of Topliss-reactive ketones (excluding diaryl/α,β-unsaturated/α-hetero) is 1. The van der Waals surface area contributed by atoms with Gasteiger partial charge in [0.2, 0.25) is 0 Å². The summed E-state index contributed by atoms with van der Waals surface area (Å²) in [5.41, 5.74) is 4.15. The zero-order valence-electron chi connectivity index (χ0n) is 16.5. The fourth-order valence-electron chi connectivity index (χ4n) is 3.66. The molecule has 0 radical (unpaired) electrons. The van der Waals surface area contributed by atoms with E-state index in [2.05, 4.69) is 11.1 Å². The first-order valence-electron chi connectivity index (χ1n) is 9.24. The molecule has 0 amide bonds. The molecule has 6 heteroatoms. The number of pyridine rings is 1. The summed E-state index contributed by atoms with van der Waals surface area (Å²) >= 11 is 1.36. The van der Waals surface area contributed by atoms with E-state index in [9.17, 15) is 10.1 Å². The van der Waals surface area contributed by atoms with Crippen LogP contribution in [-0.4, -0.2) is 30.6 Å². The average molecular weight is 401 g/mol. The van der Waals surface area contributed by atoms with Crippen molar-refractivity contribution in [1.29, 1.82) is 5.26 Å². The monoisotopic (exact) mass is 400 g/mol. The van der Waals surface area contributed by atoms with Crippen LogP contribution in [0.5, 0.6) is 0 Å². The molecule has 0 N–H and O–H groups in total. The van der Waals surface area contributed by atoms with Gasteiger partial charge in [-0.05, 0) is 36.8 Å². The summed E-state index contributed by atoms with van der Waals surface area (Å²) in [6.45, 7) is 2.04. The Morgan fingerprint density at radius 1 is 1.07 bits per heavy atom. The normalized spacial score (nSPS) is 12.8. The van der Waals surface area contributed by atoms with Crippen molar-refractivity contribution in [3.63, 3.8) is 0 Å². The summed E-state index contributed by atoms with van der Waals surface area (Å²) in [6.07, 6.45) is 0. The minimum atomic E-state index is -0.202. The van der Waals surface area contributed by atoms with E-state index in [1.807, 2.05) is 85.4 Å². The number of benzene rings is 2. The van der Waals surface area contributed by atoms with E-state index in [4.69, 9.17) is 0 Å². The number of hydrogen-bond donors (Lipinski definition) is 0. The van der Waals surface area contributed by atoms with Crippen LogP contribution in [0.25, 0.3) is 10.9 Å². The molecular weight excluding hydrogens is 380 g/mol. The molecule has 1 aliphatic rings. The molecule has 0 bridgehead atoms. The fourth-order valence-corrected chi connectivity index (χ4v) is 4.51. The van der Waals surface area contributed by atoms with E-state index < -0.39 is 0 Å². The Morgan fingerprint density at radius 3 is 2.34 bits per heavy atom. The standard InChI is InChI=1S/C23H20N4OS/c1-15-12-22(25-18-9-5-4-8-16(15)18)29-14-21(28)17(13-24)23-26(2)19-10-6-7-11-20(19)27(23)3/h4-12H,14H2,1-3H3. The van der Waals surface area contributed by atoms with Crippen molar-refractivity contribution in [2.24, 2.45) is 0 Å². The quantitative estimate of drug-likeness (QED) is 0.364. The Labute approximate surface area is 174 Å². The van der Waals surface area contributed by atoms with Crippen molar-refractivity contribution in [2.75, 3.05) is 29.6 Å². The van der Waals surface area contributed by atoms with Crippen molar-refractivity contribution in [3.05, 3.63) is 71.6 Å². The number of hydrogen-bond acceptors (Lipinski definition) is 6. The molecule has 0 saturated carbocycles. The molecule has 2 aromatic carbocycles. The van der Waals surface area contributed by atoms with Gasteiger partial charge in [-0.25, -0.2) is 4.98 Å². The molecule has 0 aliphatic carbocycles. The third-order valence-electron chi connectivity index (χ3n) is 5.10. The molecule has 1 aliphatic heterocycles. The van der Waals surface area contributed by atoms with Crippen molar-refractivity contribution >= 4 is 39.8 Å². The highest BCUT2D eigenvalue weighted by molar-refractivity contribution is 7.99. The lowest BCUT2D eigenvalue weighted by Crippen LogP contribution is -2.26. The van der Waals surface area contributed by atoms with Crippen molar-refractivity contribution < 1.29 is 4.79 Å². The Kier molecular flexibility index (Phi) is 4.99. The molecular formula is C23H20N4OS. The minimum Gasteiger partial charge on any atom is -0.328 e. The third kappa shape index (κ3) is 3.34. The van der Waals surface area contributed by atoms with E-state index in [0.29, 0.717) is 5.82 Å².